The number of aromatic nitrogens is 3. The molecule has 0 bridgehead atoms. The second-order valence-electron chi connectivity index (χ2n) is 9.97. The van der Waals surface area contributed by atoms with E-state index in [1.165, 1.54) is 6.08 Å². The van der Waals surface area contributed by atoms with E-state index in [2.05, 4.69) is 49.1 Å². The summed E-state index contributed by atoms with van der Waals surface area (Å²) < 4.78 is 19.4. The molecule has 3 heterocycles. The zero-order chi connectivity index (χ0) is 26.6. The van der Waals surface area contributed by atoms with Gasteiger partial charge in [0.25, 0.3) is 0 Å². The Morgan fingerprint density at radius 2 is 1.95 bits per heavy atom. The van der Waals surface area contributed by atoms with Crippen molar-refractivity contribution in [3.05, 3.63) is 84.1 Å². The van der Waals surface area contributed by atoms with E-state index >= 15 is 0 Å². The number of aromatic amines is 1. The number of piperidine rings is 1. The third kappa shape index (κ3) is 6.08. The van der Waals surface area contributed by atoms with Crippen molar-refractivity contribution in [3.8, 4) is 16.9 Å². The highest BCUT2D eigenvalue weighted by Gasteiger charge is 2.15. The number of benzene rings is 2. The van der Waals surface area contributed by atoms with E-state index in [0.29, 0.717) is 35.7 Å². The van der Waals surface area contributed by atoms with Crippen LogP contribution in [0.3, 0.4) is 0 Å². The highest BCUT2D eigenvalue weighted by Crippen LogP contribution is 2.33. The topological polar surface area (TPSA) is 86.9 Å². The first kappa shape index (κ1) is 25.4. The average Bonchev–Trinajstić information content (AvgIpc) is 3.42. The van der Waals surface area contributed by atoms with Crippen molar-refractivity contribution in [2.75, 3.05) is 30.3 Å². The zero-order valence-electron chi connectivity index (χ0n) is 21.4. The molecular weight excluding hydrogens is 515 g/mol. The molecule has 0 radical (unpaired) electrons. The molecular formula is C30H30ClFN6O. The molecule has 0 spiro atoms. The number of hydrogen-bond donors (Lipinski definition) is 4. The molecule has 2 aromatic heterocycles. The molecule has 1 unspecified atom stereocenters. The van der Waals surface area contributed by atoms with Crippen LogP contribution in [0.25, 0.3) is 22.0 Å². The summed E-state index contributed by atoms with van der Waals surface area (Å²) >= 11 is 6.52. The smallest absolute Gasteiger partial charge is 0.141 e. The number of fused-ring (bicyclic) bond motifs is 1. The lowest BCUT2D eigenvalue weighted by Crippen LogP contribution is -2.35. The zero-order valence-corrected chi connectivity index (χ0v) is 22.1. The third-order valence-electron chi connectivity index (χ3n) is 7.12. The van der Waals surface area contributed by atoms with Crippen molar-refractivity contribution in [2.45, 2.75) is 25.3 Å². The Hall–Kier alpha value is -3.88. The SMILES string of the molecule is FC1=CC=CC(COc2ccc(Nc3ncnc4ccc(-c5c[nH]c(NC6CCNCC6)c5)cc34)cc2Cl)C1. The predicted octanol–water partition coefficient (Wildman–Crippen LogP) is 6.99. The highest BCUT2D eigenvalue weighted by atomic mass is 35.5. The second kappa shape index (κ2) is 11.5. The van der Waals surface area contributed by atoms with E-state index < -0.39 is 0 Å². The average molecular weight is 545 g/mol. The van der Waals surface area contributed by atoms with Crippen LogP contribution in [0.2, 0.25) is 5.02 Å². The summed E-state index contributed by atoms with van der Waals surface area (Å²) in [5, 5.41) is 11.8. The van der Waals surface area contributed by atoms with Gasteiger partial charge in [0.2, 0.25) is 0 Å². The first-order chi connectivity index (χ1) is 19.1. The van der Waals surface area contributed by atoms with E-state index in [1.807, 2.05) is 30.5 Å². The number of allylic oxidation sites excluding steroid dienone is 3. The quantitative estimate of drug-likeness (QED) is 0.191. The Kier molecular flexibility index (Phi) is 7.47. The van der Waals surface area contributed by atoms with Crippen LogP contribution in [0.5, 0.6) is 5.75 Å². The van der Waals surface area contributed by atoms with E-state index in [0.717, 1.165) is 59.5 Å². The molecule has 1 aliphatic carbocycles. The Bertz CT molecular complexity index is 1530. The van der Waals surface area contributed by atoms with E-state index in [9.17, 15) is 4.39 Å². The van der Waals surface area contributed by atoms with E-state index in [-0.39, 0.29) is 11.7 Å². The summed E-state index contributed by atoms with van der Waals surface area (Å²) in [6.45, 7) is 2.45. The molecule has 7 nitrogen and oxygen atoms in total. The lowest BCUT2D eigenvalue weighted by molar-refractivity contribution is 0.268. The van der Waals surface area contributed by atoms with Crippen LogP contribution in [-0.4, -0.2) is 40.7 Å². The van der Waals surface area contributed by atoms with Crippen molar-refractivity contribution in [3.63, 3.8) is 0 Å². The number of anilines is 3. The number of nitrogens with one attached hydrogen (secondary N) is 4. The molecule has 1 fully saturated rings. The fourth-order valence-corrected chi connectivity index (χ4v) is 5.25. The minimum Gasteiger partial charge on any atom is -0.491 e. The fourth-order valence-electron chi connectivity index (χ4n) is 5.01. The van der Waals surface area contributed by atoms with Crippen molar-refractivity contribution in [2.24, 2.45) is 5.92 Å². The summed E-state index contributed by atoms with van der Waals surface area (Å²) in [6, 6.07) is 14.3. The number of H-pyrrole nitrogens is 1. The van der Waals surface area contributed by atoms with Gasteiger partial charge in [-0.2, -0.15) is 0 Å². The molecule has 0 amide bonds. The van der Waals surface area contributed by atoms with E-state index in [4.69, 9.17) is 16.3 Å². The summed E-state index contributed by atoms with van der Waals surface area (Å²) in [6.07, 6.45) is 11.3. The van der Waals surface area contributed by atoms with Crippen LogP contribution in [0.4, 0.5) is 21.7 Å². The normalized spacial score (nSPS) is 17.7. The van der Waals surface area contributed by atoms with Gasteiger partial charge in [-0.25, -0.2) is 14.4 Å². The van der Waals surface area contributed by atoms with Crippen LogP contribution in [0.15, 0.2) is 79.0 Å². The number of halogens is 2. The standard InChI is InChI=1S/C30H30ClFN6O/c31-26-15-24(5-7-28(26)39-17-19-2-1-3-22(32)12-19)38-30-25-13-20(4-6-27(25)35-18-36-30)21-14-29(34-16-21)37-23-8-10-33-11-9-23/h1-7,13-16,18-19,23,33-34,37H,8-12,17H2,(H,35,36,38). The first-order valence-electron chi connectivity index (χ1n) is 13.2. The van der Waals surface area contributed by atoms with Crippen LogP contribution in [0.1, 0.15) is 19.3 Å². The number of rotatable bonds is 8. The van der Waals surface area contributed by atoms with Gasteiger partial charge in [0.1, 0.15) is 29.5 Å². The number of ether oxygens (including phenoxy) is 1. The van der Waals surface area contributed by atoms with Crippen LogP contribution in [0, 0.1) is 5.92 Å². The molecule has 6 rings (SSSR count). The number of nitrogens with zero attached hydrogens (tertiary/aromatic N) is 2. The van der Waals surface area contributed by atoms with Gasteiger partial charge in [0.05, 0.1) is 17.1 Å². The molecule has 200 valence electrons. The van der Waals surface area contributed by atoms with Gasteiger partial charge < -0.3 is 25.7 Å². The molecule has 4 aromatic rings. The second-order valence-corrected chi connectivity index (χ2v) is 10.4. The van der Waals surface area contributed by atoms with Crippen molar-refractivity contribution in [1.29, 1.82) is 0 Å². The van der Waals surface area contributed by atoms with E-state index in [1.54, 1.807) is 18.5 Å². The van der Waals surface area contributed by atoms with Gasteiger partial charge in [0.15, 0.2) is 0 Å². The molecule has 9 heteroatoms. The Labute approximate surface area is 231 Å². The Morgan fingerprint density at radius 3 is 2.79 bits per heavy atom. The monoisotopic (exact) mass is 544 g/mol. The van der Waals surface area contributed by atoms with Gasteiger partial charge in [-0.15, -0.1) is 0 Å². The molecule has 2 aliphatic rings. The summed E-state index contributed by atoms with van der Waals surface area (Å²) in [7, 11) is 0. The first-order valence-corrected chi connectivity index (χ1v) is 13.6. The molecule has 1 atom stereocenters. The van der Waals surface area contributed by atoms with Crippen molar-refractivity contribution in [1.82, 2.24) is 20.3 Å². The van der Waals surface area contributed by atoms with Gasteiger partial charge in [0, 0.05) is 41.2 Å². The molecule has 1 saturated heterocycles. The van der Waals surface area contributed by atoms with Gasteiger partial charge in [-0.1, -0.05) is 29.8 Å². The molecule has 2 aromatic carbocycles. The fraction of sp³-hybridized carbons (Fsp3) is 0.267. The summed E-state index contributed by atoms with van der Waals surface area (Å²) in [5.41, 5.74) is 3.78. The largest absolute Gasteiger partial charge is 0.491 e. The van der Waals surface area contributed by atoms with Gasteiger partial charge in [-0.3, -0.25) is 0 Å². The maximum atomic E-state index is 13.5. The molecule has 4 N–H and O–H groups in total. The minimum absolute atomic E-state index is 0.0121. The molecule has 0 saturated carbocycles. The Balaban J connectivity index is 1.17. The molecule has 1 aliphatic heterocycles. The maximum Gasteiger partial charge on any atom is 0.141 e. The molecule has 39 heavy (non-hydrogen) atoms. The third-order valence-corrected chi connectivity index (χ3v) is 7.41. The summed E-state index contributed by atoms with van der Waals surface area (Å²) in [5.74, 6) is 2.12. The van der Waals surface area contributed by atoms with Crippen LogP contribution >= 0.6 is 11.6 Å². The van der Waals surface area contributed by atoms with Crippen LogP contribution < -0.4 is 20.7 Å². The van der Waals surface area contributed by atoms with Gasteiger partial charge >= 0.3 is 0 Å². The van der Waals surface area contributed by atoms with Gasteiger partial charge in [-0.05, 0) is 74.0 Å². The van der Waals surface area contributed by atoms with Crippen LogP contribution in [-0.2, 0) is 0 Å². The summed E-state index contributed by atoms with van der Waals surface area (Å²) in [4.78, 5) is 12.3. The van der Waals surface area contributed by atoms with Crippen molar-refractivity contribution >= 4 is 39.8 Å². The predicted molar refractivity (Wildman–Crippen MR) is 156 cm³/mol. The minimum atomic E-state index is -0.136. The Morgan fingerprint density at radius 1 is 1.05 bits per heavy atom. The lowest BCUT2D eigenvalue weighted by atomic mass is 10.0. The maximum absolute atomic E-state index is 13.5. The van der Waals surface area contributed by atoms with Crippen molar-refractivity contribution < 1.29 is 9.13 Å². The highest BCUT2D eigenvalue weighted by molar-refractivity contribution is 6.32. The number of hydrogen-bond acceptors (Lipinski definition) is 6. The lowest BCUT2D eigenvalue weighted by Gasteiger charge is -2.23.